The predicted molar refractivity (Wildman–Crippen MR) is 109 cm³/mol. The Balaban J connectivity index is 0.00000210. The smallest absolute Gasteiger partial charge is 0.251 e. The maximum Gasteiger partial charge on any atom is 0.251 e. The standard InChI is InChI=1S/C19H24N6O.ClH/c1-2-20-18(26)13-3-5-14(6-4-13)23-19-21-10-9-17(24-19)25-11-15-7-8-16(12-25)22-15;/h3-6,9-10,15-16,22H,2,7-8,11-12H2,1H3,(H,20,26)(H,21,23,24);1H/t15-,16+;. The van der Waals surface area contributed by atoms with Gasteiger partial charge in [-0.3, -0.25) is 4.79 Å². The predicted octanol–water partition coefficient (Wildman–Crippen LogP) is 2.33. The van der Waals surface area contributed by atoms with Crippen molar-refractivity contribution in [3.63, 3.8) is 0 Å². The van der Waals surface area contributed by atoms with Crippen LogP contribution in [0.15, 0.2) is 36.5 Å². The van der Waals surface area contributed by atoms with Crippen LogP contribution in [-0.2, 0) is 0 Å². The van der Waals surface area contributed by atoms with Crippen molar-refractivity contribution >= 4 is 35.8 Å². The van der Waals surface area contributed by atoms with Crippen molar-refractivity contribution in [3.05, 3.63) is 42.1 Å². The number of carbonyl (C=O) groups is 1. The molecule has 2 saturated heterocycles. The molecule has 1 aromatic carbocycles. The van der Waals surface area contributed by atoms with Crippen molar-refractivity contribution in [2.75, 3.05) is 29.9 Å². The molecule has 2 aliphatic heterocycles. The number of nitrogens with one attached hydrogen (secondary N) is 3. The Morgan fingerprint density at radius 1 is 1.19 bits per heavy atom. The first kappa shape index (κ1) is 19.4. The van der Waals surface area contributed by atoms with Gasteiger partial charge in [0, 0.05) is 49.2 Å². The summed E-state index contributed by atoms with van der Waals surface area (Å²) in [6.45, 7) is 4.51. The highest BCUT2D eigenvalue weighted by Crippen LogP contribution is 2.24. The van der Waals surface area contributed by atoms with Gasteiger partial charge in [0.05, 0.1) is 0 Å². The fraction of sp³-hybridized carbons (Fsp3) is 0.421. The van der Waals surface area contributed by atoms with Crippen LogP contribution in [0, 0.1) is 0 Å². The highest BCUT2D eigenvalue weighted by molar-refractivity contribution is 5.94. The second kappa shape index (κ2) is 8.54. The highest BCUT2D eigenvalue weighted by Gasteiger charge is 2.32. The fourth-order valence-corrected chi connectivity index (χ4v) is 3.67. The van der Waals surface area contributed by atoms with Crippen LogP contribution in [-0.4, -0.2) is 47.6 Å². The third-order valence-electron chi connectivity index (χ3n) is 4.92. The van der Waals surface area contributed by atoms with Crippen molar-refractivity contribution < 1.29 is 4.79 Å². The Bertz CT molecular complexity index is 772. The zero-order chi connectivity index (χ0) is 17.9. The number of piperazine rings is 1. The highest BCUT2D eigenvalue weighted by atomic mass is 35.5. The molecule has 1 amide bonds. The second-order valence-corrected chi connectivity index (χ2v) is 6.84. The van der Waals surface area contributed by atoms with Crippen LogP contribution in [0.1, 0.15) is 30.1 Å². The minimum atomic E-state index is -0.0642. The summed E-state index contributed by atoms with van der Waals surface area (Å²) < 4.78 is 0. The van der Waals surface area contributed by atoms with E-state index in [2.05, 4.69) is 30.8 Å². The van der Waals surface area contributed by atoms with Crippen LogP contribution in [0.4, 0.5) is 17.5 Å². The molecule has 8 heteroatoms. The van der Waals surface area contributed by atoms with E-state index in [1.165, 1.54) is 12.8 Å². The molecule has 3 N–H and O–H groups in total. The molecule has 3 heterocycles. The van der Waals surface area contributed by atoms with Crippen molar-refractivity contribution in [1.82, 2.24) is 20.6 Å². The first-order valence-electron chi connectivity index (χ1n) is 9.20. The van der Waals surface area contributed by atoms with Gasteiger partial charge in [-0.1, -0.05) is 0 Å². The van der Waals surface area contributed by atoms with E-state index in [4.69, 9.17) is 0 Å². The van der Waals surface area contributed by atoms with E-state index in [0.717, 1.165) is 24.6 Å². The van der Waals surface area contributed by atoms with Crippen LogP contribution in [0.3, 0.4) is 0 Å². The van der Waals surface area contributed by atoms with E-state index in [1.807, 2.05) is 25.1 Å². The third-order valence-corrected chi connectivity index (χ3v) is 4.92. The summed E-state index contributed by atoms with van der Waals surface area (Å²) in [5.41, 5.74) is 1.50. The lowest BCUT2D eigenvalue weighted by atomic mass is 10.2. The zero-order valence-corrected chi connectivity index (χ0v) is 16.1. The van der Waals surface area contributed by atoms with E-state index in [9.17, 15) is 4.79 Å². The summed E-state index contributed by atoms with van der Waals surface area (Å²) in [6, 6.07) is 10.4. The summed E-state index contributed by atoms with van der Waals surface area (Å²) in [7, 11) is 0. The number of amides is 1. The molecule has 2 fully saturated rings. The molecule has 2 bridgehead atoms. The summed E-state index contributed by atoms with van der Waals surface area (Å²) in [4.78, 5) is 23.2. The summed E-state index contributed by atoms with van der Waals surface area (Å²) in [5, 5.41) is 9.65. The van der Waals surface area contributed by atoms with Gasteiger partial charge in [-0.05, 0) is 50.1 Å². The lowest BCUT2D eigenvalue weighted by molar-refractivity contribution is 0.0956. The van der Waals surface area contributed by atoms with Crippen molar-refractivity contribution in [2.24, 2.45) is 0 Å². The van der Waals surface area contributed by atoms with Gasteiger partial charge < -0.3 is 20.9 Å². The lowest BCUT2D eigenvalue weighted by Crippen LogP contribution is -2.51. The van der Waals surface area contributed by atoms with Gasteiger partial charge in [0.1, 0.15) is 5.82 Å². The number of hydrogen-bond donors (Lipinski definition) is 3. The maximum atomic E-state index is 11.8. The Labute approximate surface area is 165 Å². The number of carbonyl (C=O) groups excluding carboxylic acids is 1. The van der Waals surface area contributed by atoms with Crippen LogP contribution in [0.5, 0.6) is 0 Å². The maximum absolute atomic E-state index is 11.8. The second-order valence-electron chi connectivity index (χ2n) is 6.84. The van der Waals surface area contributed by atoms with Gasteiger partial charge in [0.25, 0.3) is 5.91 Å². The molecule has 7 nitrogen and oxygen atoms in total. The molecular formula is C19H25ClN6O. The molecule has 27 heavy (non-hydrogen) atoms. The molecule has 144 valence electrons. The van der Waals surface area contributed by atoms with Gasteiger partial charge >= 0.3 is 0 Å². The Hall–Kier alpha value is -2.38. The number of fused-ring (bicyclic) bond motifs is 2. The molecule has 2 aliphatic rings. The average Bonchev–Trinajstić information content (AvgIpc) is 3.00. The van der Waals surface area contributed by atoms with Gasteiger partial charge in [0.15, 0.2) is 0 Å². The average molecular weight is 389 g/mol. The minimum absolute atomic E-state index is 0. The molecule has 0 spiro atoms. The number of aromatic nitrogens is 2. The Kier molecular flexibility index (Phi) is 6.13. The van der Waals surface area contributed by atoms with Gasteiger partial charge in [-0.2, -0.15) is 4.98 Å². The summed E-state index contributed by atoms with van der Waals surface area (Å²) in [6.07, 6.45) is 4.28. The zero-order valence-electron chi connectivity index (χ0n) is 15.3. The number of rotatable bonds is 5. The molecule has 2 aromatic rings. The van der Waals surface area contributed by atoms with Gasteiger partial charge in [-0.25, -0.2) is 4.98 Å². The Morgan fingerprint density at radius 3 is 2.56 bits per heavy atom. The normalized spacial score (nSPS) is 20.7. The SMILES string of the molecule is CCNC(=O)c1ccc(Nc2nccc(N3C[C@H]4CC[C@@H](C3)N4)n2)cc1.Cl. The third kappa shape index (κ3) is 4.48. The van der Waals surface area contributed by atoms with Crippen LogP contribution < -0.4 is 20.9 Å². The monoisotopic (exact) mass is 388 g/mol. The van der Waals surface area contributed by atoms with E-state index < -0.39 is 0 Å². The van der Waals surface area contributed by atoms with Crippen molar-refractivity contribution in [2.45, 2.75) is 31.8 Å². The van der Waals surface area contributed by atoms with E-state index in [1.54, 1.807) is 18.3 Å². The number of benzene rings is 1. The molecule has 0 saturated carbocycles. The van der Waals surface area contributed by atoms with Gasteiger partial charge in [-0.15, -0.1) is 12.4 Å². The topological polar surface area (TPSA) is 82.2 Å². The minimum Gasteiger partial charge on any atom is -0.353 e. The molecule has 2 atom stereocenters. The number of nitrogens with zero attached hydrogens (tertiary/aromatic N) is 3. The molecule has 1 aromatic heterocycles. The number of anilines is 3. The molecular weight excluding hydrogens is 364 g/mol. The van der Waals surface area contributed by atoms with Crippen molar-refractivity contribution in [3.8, 4) is 0 Å². The van der Waals surface area contributed by atoms with E-state index >= 15 is 0 Å². The largest absolute Gasteiger partial charge is 0.353 e. The fourth-order valence-electron chi connectivity index (χ4n) is 3.67. The number of halogens is 1. The number of hydrogen-bond acceptors (Lipinski definition) is 6. The first-order valence-corrected chi connectivity index (χ1v) is 9.20. The van der Waals surface area contributed by atoms with E-state index in [0.29, 0.717) is 30.1 Å². The molecule has 4 rings (SSSR count). The summed E-state index contributed by atoms with van der Waals surface area (Å²) >= 11 is 0. The van der Waals surface area contributed by atoms with Crippen LogP contribution in [0.2, 0.25) is 0 Å². The molecule has 0 radical (unpaired) electrons. The summed E-state index contributed by atoms with van der Waals surface area (Å²) in [5.74, 6) is 1.46. The molecule has 0 aliphatic carbocycles. The van der Waals surface area contributed by atoms with Crippen molar-refractivity contribution in [1.29, 1.82) is 0 Å². The Morgan fingerprint density at radius 2 is 1.89 bits per heavy atom. The quantitative estimate of drug-likeness (QED) is 0.729. The van der Waals surface area contributed by atoms with Crippen LogP contribution in [0.25, 0.3) is 0 Å². The van der Waals surface area contributed by atoms with Crippen LogP contribution >= 0.6 is 12.4 Å². The molecule has 0 unspecified atom stereocenters. The van der Waals surface area contributed by atoms with E-state index in [-0.39, 0.29) is 18.3 Å². The first-order chi connectivity index (χ1) is 12.7. The van der Waals surface area contributed by atoms with Gasteiger partial charge in [0.2, 0.25) is 5.95 Å². The lowest BCUT2D eigenvalue weighted by Gasteiger charge is -2.33.